The van der Waals surface area contributed by atoms with E-state index in [9.17, 15) is 9.90 Å². The monoisotopic (exact) mass is 171 g/mol. The highest BCUT2D eigenvalue weighted by molar-refractivity contribution is 5.85. The van der Waals surface area contributed by atoms with Crippen molar-refractivity contribution in [2.75, 3.05) is 13.7 Å². The molecule has 0 radical (unpaired) electrons. The van der Waals surface area contributed by atoms with E-state index in [1.807, 2.05) is 0 Å². The van der Waals surface area contributed by atoms with E-state index < -0.39 is 5.54 Å². The average molecular weight is 171 g/mol. The summed E-state index contributed by atoms with van der Waals surface area (Å²) in [6.07, 6.45) is 1.13. The van der Waals surface area contributed by atoms with E-state index in [1.54, 1.807) is 0 Å². The lowest BCUT2D eigenvalue weighted by atomic mass is 10.0. The van der Waals surface area contributed by atoms with E-state index in [0.717, 1.165) is 12.8 Å². The molecule has 0 amide bonds. The Hall–Kier alpha value is -0.610. The number of aliphatic hydroxyl groups is 1. The molecule has 0 aromatic rings. The van der Waals surface area contributed by atoms with Crippen molar-refractivity contribution >= 4 is 5.97 Å². The second-order valence-electron chi connectivity index (χ2n) is 3.56. The normalized spacial score (nSPS) is 44.8. The Morgan fingerprint density at radius 3 is 3.17 bits per heavy atom. The molecule has 2 aliphatic rings. The van der Waals surface area contributed by atoms with Gasteiger partial charge in [0.1, 0.15) is 5.54 Å². The van der Waals surface area contributed by atoms with Crippen molar-refractivity contribution in [2.45, 2.75) is 24.5 Å². The van der Waals surface area contributed by atoms with Crippen LogP contribution >= 0.6 is 0 Å². The van der Waals surface area contributed by atoms with Crippen LogP contribution in [-0.4, -0.2) is 36.4 Å². The summed E-state index contributed by atoms with van der Waals surface area (Å²) in [6.45, 7) is 0.701. The Morgan fingerprint density at radius 2 is 2.50 bits per heavy atom. The van der Waals surface area contributed by atoms with Crippen LogP contribution in [-0.2, 0) is 9.53 Å². The third-order valence-electron chi connectivity index (χ3n) is 2.91. The van der Waals surface area contributed by atoms with Crippen molar-refractivity contribution < 1.29 is 14.6 Å². The summed E-state index contributed by atoms with van der Waals surface area (Å²) < 4.78 is 4.67. The standard InChI is InChI=1S/C8H13NO3/c1-12-7(11)8-4-5(8)6(10)2-3-9-8/h5-6,9-10H,2-4H2,1H3/t5-,6+,8-/m0/s1. The van der Waals surface area contributed by atoms with E-state index in [2.05, 4.69) is 10.1 Å². The summed E-state index contributed by atoms with van der Waals surface area (Å²) in [4.78, 5) is 11.3. The van der Waals surface area contributed by atoms with Gasteiger partial charge >= 0.3 is 5.97 Å². The van der Waals surface area contributed by atoms with Crippen LogP contribution in [0.5, 0.6) is 0 Å². The van der Waals surface area contributed by atoms with Crippen molar-refractivity contribution in [3.05, 3.63) is 0 Å². The first-order chi connectivity index (χ1) is 5.70. The third-order valence-corrected chi connectivity index (χ3v) is 2.91. The van der Waals surface area contributed by atoms with Gasteiger partial charge in [-0.3, -0.25) is 4.79 Å². The van der Waals surface area contributed by atoms with Gasteiger partial charge in [-0.25, -0.2) is 0 Å². The molecule has 0 aromatic heterocycles. The maximum absolute atomic E-state index is 11.3. The highest BCUT2D eigenvalue weighted by Crippen LogP contribution is 2.49. The van der Waals surface area contributed by atoms with Gasteiger partial charge in [0, 0.05) is 5.92 Å². The molecule has 1 heterocycles. The minimum absolute atomic E-state index is 0.0821. The summed E-state index contributed by atoms with van der Waals surface area (Å²) in [6, 6.07) is 0. The molecule has 1 saturated carbocycles. The van der Waals surface area contributed by atoms with Gasteiger partial charge in [-0.15, -0.1) is 0 Å². The lowest BCUT2D eigenvalue weighted by Crippen LogP contribution is -2.48. The number of hydrogen-bond donors (Lipinski definition) is 2. The summed E-state index contributed by atoms with van der Waals surface area (Å²) >= 11 is 0. The number of aliphatic hydroxyl groups excluding tert-OH is 1. The molecule has 3 atom stereocenters. The van der Waals surface area contributed by atoms with E-state index in [1.165, 1.54) is 7.11 Å². The van der Waals surface area contributed by atoms with Gasteiger partial charge in [0.15, 0.2) is 0 Å². The highest BCUT2D eigenvalue weighted by atomic mass is 16.5. The Bertz CT molecular complexity index is 218. The van der Waals surface area contributed by atoms with Crippen LogP contribution < -0.4 is 5.32 Å². The molecule has 0 aromatic carbocycles. The molecule has 4 nitrogen and oxygen atoms in total. The first-order valence-corrected chi connectivity index (χ1v) is 4.22. The van der Waals surface area contributed by atoms with Crippen LogP contribution in [0.15, 0.2) is 0 Å². The number of carbonyl (C=O) groups excluding carboxylic acids is 1. The predicted molar refractivity (Wildman–Crippen MR) is 41.5 cm³/mol. The Balaban J connectivity index is 2.10. The second kappa shape index (κ2) is 2.44. The average Bonchev–Trinajstić information content (AvgIpc) is 2.80. The molecule has 0 bridgehead atoms. The molecule has 1 saturated heterocycles. The summed E-state index contributed by atoms with van der Waals surface area (Å²) in [7, 11) is 1.38. The summed E-state index contributed by atoms with van der Waals surface area (Å²) in [5.74, 6) is -0.148. The van der Waals surface area contributed by atoms with Gasteiger partial charge in [0.2, 0.25) is 0 Å². The molecular weight excluding hydrogens is 158 g/mol. The molecule has 1 aliphatic heterocycles. The zero-order chi connectivity index (χ0) is 8.77. The first-order valence-electron chi connectivity index (χ1n) is 4.22. The van der Waals surface area contributed by atoms with Gasteiger partial charge < -0.3 is 15.2 Å². The zero-order valence-electron chi connectivity index (χ0n) is 7.04. The molecule has 2 N–H and O–H groups in total. The van der Waals surface area contributed by atoms with Gasteiger partial charge in [-0.05, 0) is 19.4 Å². The second-order valence-corrected chi connectivity index (χ2v) is 3.56. The minimum Gasteiger partial charge on any atom is -0.468 e. The number of hydrogen-bond acceptors (Lipinski definition) is 4. The van der Waals surface area contributed by atoms with Crippen LogP contribution in [0, 0.1) is 5.92 Å². The highest BCUT2D eigenvalue weighted by Gasteiger charge is 2.65. The lowest BCUT2D eigenvalue weighted by molar-refractivity contribution is -0.146. The van der Waals surface area contributed by atoms with Gasteiger partial charge in [0.25, 0.3) is 0 Å². The van der Waals surface area contributed by atoms with E-state index >= 15 is 0 Å². The van der Waals surface area contributed by atoms with Crippen LogP contribution in [0.2, 0.25) is 0 Å². The number of methoxy groups -OCH3 is 1. The minimum atomic E-state index is -0.535. The summed E-state index contributed by atoms with van der Waals surface area (Å²) in [5.41, 5.74) is -0.535. The number of ether oxygens (including phenoxy) is 1. The van der Waals surface area contributed by atoms with Gasteiger partial charge in [-0.2, -0.15) is 0 Å². The molecule has 2 rings (SSSR count). The fourth-order valence-electron chi connectivity index (χ4n) is 2.09. The topological polar surface area (TPSA) is 58.6 Å². The Morgan fingerprint density at radius 1 is 1.75 bits per heavy atom. The van der Waals surface area contributed by atoms with E-state index in [4.69, 9.17) is 0 Å². The quantitative estimate of drug-likeness (QED) is 0.511. The number of nitrogens with one attached hydrogen (secondary N) is 1. The lowest BCUT2D eigenvalue weighted by Gasteiger charge is -2.24. The van der Waals surface area contributed by atoms with Crippen LogP contribution in [0.3, 0.4) is 0 Å². The zero-order valence-corrected chi connectivity index (χ0v) is 7.04. The van der Waals surface area contributed by atoms with Crippen molar-refractivity contribution in [1.29, 1.82) is 0 Å². The first kappa shape index (κ1) is 8.01. The van der Waals surface area contributed by atoms with Crippen LogP contribution in [0.25, 0.3) is 0 Å². The van der Waals surface area contributed by atoms with Gasteiger partial charge in [0.05, 0.1) is 13.2 Å². The molecule has 68 valence electrons. The van der Waals surface area contributed by atoms with Crippen molar-refractivity contribution in [3.63, 3.8) is 0 Å². The number of esters is 1. The SMILES string of the molecule is COC(=O)[C@]12C[C@H]1[C@H](O)CCN2. The Labute approximate surface area is 70.9 Å². The number of rotatable bonds is 1. The smallest absolute Gasteiger partial charge is 0.326 e. The maximum atomic E-state index is 11.3. The molecule has 0 spiro atoms. The number of piperidine rings is 1. The van der Waals surface area contributed by atoms with Crippen molar-refractivity contribution in [1.82, 2.24) is 5.32 Å². The van der Waals surface area contributed by atoms with Crippen molar-refractivity contribution in [3.8, 4) is 0 Å². The molecule has 12 heavy (non-hydrogen) atoms. The summed E-state index contributed by atoms with van der Waals surface area (Å²) in [5, 5.41) is 12.6. The number of fused-ring (bicyclic) bond motifs is 1. The molecular formula is C8H13NO3. The maximum Gasteiger partial charge on any atom is 0.326 e. The fourth-order valence-corrected chi connectivity index (χ4v) is 2.09. The number of carbonyl (C=O) groups is 1. The van der Waals surface area contributed by atoms with Crippen molar-refractivity contribution in [2.24, 2.45) is 5.92 Å². The Kier molecular flexibility index (Phi) is 1.63. The van der Waals surface area contributed by atoms with Crippen LogP contribution in [0.1, 0.15) is 12.8 Å². The third kappa shape index (κ3) is 0.881. The van der Waals surface area contributed by atoms with Gasteiger partial charge in [-0.1, -0.05) is 0 Å². The predicted octanol–water partition coefficient (Wildman–Crippen LogP) is -0.728. The molecule has 0 unspecified atom stereocenters. The fraction of sp³-hybridized carbons (Fsp3) is 0.875. The molecule has 4 heteroatoms. The van der Waals surface area contributed by atoms with E-state index in [-0.39, 0.29) is 18.0 Å². The largest absolute Gasteiger partial charge is 0.468 e. The van der Waals surface area contributed by atoms with Crippen LogP contribution in [0.4, 0.5) is 0 Å². The molecule has 1 aliphatic carbocycles. The van der Waals surface area contributed by atoms with E-state index in [0.29, 0.717) is 6.54 Å². The molecule has 2 fully saturated rings.